The zero-order valence-electron chi connectivity index (χ0n) is 10.9. The maximum Gasteiger partial charge on any atom is 0.131 e. The zero-order chi connectivity index (χ0) is 12.6. The maximum absolute atomic E-state index is 14.0. The average molecular weight is 237 g/mol. The summed E-state index contributed by atoms with van der Waals surface area (Å²) in [6, 6.07) is 3.34. The van der Waals surface area contributed by atoms with Gasteiger partial charge in [-0.25, -0.2) is 4.39 Å². The van der Waals surface area contributed by atoms with E-state index >= 15 is 0 Å². The SMILES string of the molecule is CCNC1CC(C)(C)Oc2c(C)ccc(F)c21. The third-order valence-electron chi connectivity index (χ3n) is 3.21. The maximum atomic E-state index is 14.0. The second-order valence-corrected chi connectivity index (χ2v) is 5.28. The van der Waals surface area contributed by atoms with Gasteiger partial charge in [0, 0.05) is 18.0 Å². The van der Waals surface area contributed by atoms with Crippen molar-refractivity contribution in [2.75, 3.05) is 6.54 Å². The molecule has 1 N–H and O–H groups in total. The molecule has 1 unspecified atom stereocenters. The van der Waals surface area contributed by atoms with Crippen molar-refractivity contribution in [1.82, 2.24) is 5.32 Å². The number of hydrogen-bond acceptors (Lipinski definition) is 2. The van der Waals surface area contributed by atoms with Gasteiger partial charge in [-0.1, -0.05) is 13.0 Å². The summed E-state index contributed by atoms with van der Waals surface area (Å²) < 4.78 is 19.9. The van der Waals surface area contributed by atoms with Crippen molar-refractivity contribution in [3.63, 3.8) is 0 Å². The molecule has 0 amide bonds. The van der Waals surface area contributed by atoms with E-state index in [1.54, 1.807) is 6.07 Å². The van der Waals surface area contributed by atoms with Crippen LogP contribution in [-0.4, -0.2) is 12.1 Å². The first-order valence-corrected chi connectivity index (χ1v) is 6.16. The predicted molar refractivity (Wildman–Crippen MR) is 66.9 cm³/mol. The minimum absolute atomic E-state index is 0.0404. The second-order valence-electron chi connectivity index (χ2n) is 5.28. The number of benzene rings is 1. The molecule has 1 aromatic rings. The quantitative estimate of drug-likeness (QED) is 0.851. The van der Waals surface area contributed by atoms with Gasteiger partial charge in [0.25, 0.3) is 0 Å². The van der Waals surface area contributed by atoms with Crippen LogP contribution in [0.3, 0.4) is 0 Å². The monoisotopic (exact) mass is 237 g/mol. The van der Waals surface area contributed by atoms with Gasteiger partial charge in [-0.2, -0.15) is 0 Å². The summed E-state index contributed by atoms with van der Waals surface area (Å²) >= 11 is 0. The lowest BCUT2D eigenvalue weighted by Crippen LogP contribution is -2.40. The molecule has 0 aromatic heterocycles. The van der Waals surface area contributed by atoms with Gasteiger partial charge in [0.1, 0.15) is 17.2 Å². The Hall–Kier alpha value is -1.09. The largest absolute Gasteiger partial charge is 0.487 e. The van der Waals surface area contributed by atoms with Gasteiger partial charge in [0.05, 0.1) is 0 Å². The fraction of sp³-hybridized carbons (Fsp3) is 0.571. The van der Waals surface area contributed by atoms with E-state index in [9.17, 15) is 4.39 Å². The first-order valence-electron chi connectivity index (χ1n) is 6.16. The van der Waals surface area contributed by atoms with Crippen LogP contribution >= 0.6 is 0 Å². The van der Waals surface area contributed by atoms with Crippen molar-refractivity contribution >= 4 is 0 Å². The van der Waals surface area contributed by atoms with Gasteiger partial charge in [0.15, 0.2) is 0 Å². The molecule has 17 heavy (non-hydrogen) atoms. The Kier molecular flexibility index (Phi) is 3.13. The molecular weight excluding hydrogens is 217 g/mol. The molecule has 1 aromatic carbocycles. The lowest BCUT2D eigenvalue weighted by Gasteiger charge is -2.38. The van der Waals surface area contributed by atoms with E-state index in [0.29, 0.717) is 11.3 Å². The van der Waals surface area contributed by atoms with E-state index in [4.69, 9.17) is 4.74 Å². The fourth-order valence-electron chi connectivity index (χ4n) is 2.48. The van der Waals surface area contributed by atoms with E-state index < -0.39 is 0 Å². The molecule has 3 heteroatoms. The zero-order valence-corrected chi connectivity index (χ0v) is 10.9. The Labute approximate surface area is 102 Å². The molecule has 1 atom stereocenters. The number of hydrogen-bond donors (Lipinski definition) is 1. The standard InChI is InChI=1S/C14H20FNO/c1-5-16-11-8-14(3,4)17-13-9(2)6-7-10(15)12(11)13/h6-7,11,16H,5,8H2,1-4H3. The highest BCUT2D eigenvalue weighted by Crippen LogP contribution is 2.42. The lowest BCUT2D eigenvalue weighted by atomic mass is 9.88. The lowest BCUT2D eigenvalue weighted by molar-refractivity contribution is 0.0637. The van der Waals surface area contributed by atoms with Crippen LogP contribution in [0.25, 0.3) is 0 Å². The van der Waals surface area contributed by atoms with Crippen LogP contribution in [0.2, 0.25) is 0 Å². The Bertz CT molecular complexity index is 428. The number of nitrogens with one attached hydrogen (secondary N) is 1. The third-order valence-corrected chi connectivity index (χ3v) is 3.21. The molecule has 1 aliphatic heterocycles. The smallest absolute Gasteiger partial charge is 0.131 e. The molecule has 0 bridgehead atoms. The number of ether oxygens (including phenoxy) is 1. The van der Waals surface area contributed by atoms with E-state index in [1.807, 2.05) is 27.7 Å². The highest BCUT2D eigenvalue weighted by molar-refractivity contribution is 5.45. The Morgan fingerprint density at radius 3 is 2.82 bits per heavy atom. The number of rotatable bonds is 2. The first-order chi connectivity index (χ1) is 7.94. The first kappa shape index (κ1) is 12.4. The van der Waals surface area contributed by atoms with Gasteiger partial charge < -0.3 is 10.1 Å². The minimum Gasteiger partial charge on any atom is -0.487 e. The van der Waals surface area contributed by atoms with E-state index in [2.05, 4.69) is 5.32 Å². The normalized spacial score (nSPS) is 21.8. The summed E-state index contributed by atoms with van der Waals surface area (Å²) in [6.07, 6.45) is 0.786. The second kappa shape index (κ2) is 4.30. The van der Waals surface area contributed by atoms with Crippen molar-refractivity contribution in [1.29, 1.82) is 0 Å². The van der Waals surface area contributed by atoms with Crippen LogP contribution in [0.4, 0.5) is 4.39 Å². The number of halogens is 1. The van der Waals surface area contributed by atoms with Gasteiger partial charge in [0.2, 0.25) is 0 Å². The number of aryl methyl sites for hydroxylation is 1. The van der Waals surface area contributed by atoms with Crippen molar-refractivity contribution in [2.45, 2.75) is 45.8 Å². The summed E-state index contributed by atoms with van der Waals surface area (Å²) in [5.41, 5.74) is 1.43. The molecule has 2 rings (SSSR count). The van der Waals surface area contributed by atoms with Crippen molar-refractivity contribution in [3.05, 3.63) is 29.1 Å². The Balaban J connectivity index is 2.52. The van der Waals surface area contributed by atoms with Crippen molar-refractivity contribution in [3.8, 4) is 5.75 Å². The molecule has 0 saturated heterocycles. The summed E-state index contributed by atoms with van der Waals surface area (Å²) in [4.78, 5) is 0. The molecule has 1 heterocycles. The fourth-order valence-corrected chi connectivity index (χ4v) is 2.48. The molecule has 1 aliphatic rings. The minimum atomic E-state index is -0.252. The third kappa shape index (κ3) is 2.29. The van der Waals surface area contributed by atoms with E-state index in [0.717, 1.165) is 18.5 Å². The number of fused-ring (bicyclic) bond motifs is 1. The van der Waals surface area contributed by atoms with Crippen LogP contribution < -0.4 is 10.1 Å². The van der Waals surface area contributed by atoms with Crippen molar-refractivity contribution < 1.29 is 9.13 Å². The van der Waals surface area contributed by atoms with E-state index in [1.165, 1.54) is 6.07 Å². The van der Waals surface area contributed by atoms with Gasteiger partial charge in [-0.05, 0) is 38.9 Å². The average Bonchev–Trinajstić information content (AvgIpc) is 2.22. The Morgan fingerprint density at radius 1 is 1.47 bits per heavy atom. The summed E-state index contributed by atoms with van der Waals surface area (Å²) in [5, 5.41) is 3.34. The topological polar surface area (TPSA) is 21.3 Å². The highest BCUT2D eigenvalue weighted by Gasteiger charge is 2.35. The van der Waals surface area contributed by atoms with E-state index in [-0.39, 0.29) is 17.5 Å². The van der Waals surface area contributed by atoms with Crippen LogP contribution in [0, 0.1) is 12.7 Å². The van der Waals surface area contributed by atoms with Crippen LogP contribution in [-0.2, 0) is 0 Å². The van der Waals surface area contributed by atoms with Gasteiger partial charge >= 0.3 is 0 Å². The van der Waals surface area contributed by atoms with Crippen molar-refractivity contribution in [2.24, 2.45) is 0 Å². The predicted octanol–water partition coefficient (Wildman–Crippen LogP) is 3.35. The molecule has 0 spiro atoms. The van der Waals surface area contributed by atoms with Crippen LogP contribution in [0.5, 0.6) is 5.75 Å². The summed E-state index contributed by atoms with van der Waals surface area (Å²) in [7, 11) is 0. The molecule has 0 saturated carbocycles. The van der Waals surface area contributed by atoms with Gasteiger partial charge in [-0.15, -0.1) is 0 Å². The molecule has 0 radical (unpaired) electrons. The van der Waals surface area contributed by atoms with Gasteiger partial charge in [-0.3, -0.25) is 0 Å². The molecule has 94 valence electrons. The van der Waals surface area contributed by atoms with Crippen LogP contribution in [0.1, 0.15) is 44.4 Å². The molecular formula is C14H20FNO. The highest BCUT2D eigenvalue weighted by atomic mass is 19.1. The summed E-state index contributed by atoms with van der Waals surface area (Å²) in [5.74, 6) is 0.541. The van der Waals surface area contributed by atoms with Crippen LogP contribution in [0.15, 0.2) is 12.1 Å². The molecule has 0 fully saturated rings. The Morgan fingerprint density at radius 2 is 2.18 bits per heavy atom. The molecule has 0 aliphatic carbocycles. The molecule has 2 nitrogen and oxygen atoms in total. The summed E-state index contributed by atoms with van der Waals surface area (Å²) in [6.45, 7) is 8.92.